The van der Waals surface area contributed by atoms with Crippen LogP contribution in [0.4, 0.5) is 10.1 Å². The molecule has 0 unspecified atom stereocenters. The quantitative estimate of drug-likeness (QED) is 0.358. The van der Waals surface area contributed by atoms with Crippen molar-refractivity contribution in [2.75, 3.05) is 5.32 Å². The Hall–Kier alpha value is -4.06. The van der Waals surface area contributed by atoms with Crippen molar-refractivity contribution >= 4 is 33.4 Å². The molecule has 3 heterocycles. The molecule has 0 saturated heterocycles. The Morgan fingerprint density at radius 2 is 1.94 bits per heavy atom. The van der Waals surface area contributed by atoms with Crippen LogP contribution in [0.2, 0.25) is 0 Å². The van der Waals surface area contributed by atoms with Gasteiger partial charge < -0.3 is 10.3 Å². The number of rotatable bonds is 6. The predicted octanol–water partition coefficient (Wildman–Crippen LogP) is 5.88. The van der Waals surface area contributed by atoms with E-state index in [0.29, 0.717) is 24.9 Å². The maximum absolute atomic E-state index is 14.0. The van der Waals surface area contributed by atoms with Crippen LogP contribution in [-0.4, -0.2) is 20.9 Å². The summed E-state index contributed by atoms with van der Waals surface area (Å²) in [4.78, 5) is 24.6. The fourth-order valence-corrected chi connectivity index (χ4v) is 3.99. The minimum absolute atomic E-state index is 0.0746. The maximum Gasteiger partial charge on any atom is 0.224 e. The molecule has 0 saturated carbocycles. The van der Waals surface area contributed by atoms with Gasteiger partial charge in [0.15, 0.2) is 0 Å². The summed E-state index contributed by atoms with van der Waals surface area (Å²) in [5.74, 6) is -0.362. The van der Waals surface area contributed by atoms with Gasteiger partial charge in [-0.3, -0.25) is 9.78 Å². The second-order valence-electron chi connectivity index (χ2n) is 7.70. The number of aryl methyl sites for hydroxylation is 1. The van der Waals surface area contributed by atoms with Gasteiger partial charge in [0.05, 0.1) is 28.8 Å². The smallest absolute Gasteiger partial charge is 0.224 e. The molecule has 0 atom stereocenters. The molecule has 0 spiro atoms. The number of aromatic amines is 1. The molecule has 5 nitrogen and oxygen atoms in total. The molecule has 2 N–H and O–H groups in total. The first kappa shape index (κ1) is 19.9. The Kier molecular flexibility index (Phi) is 5.34. The zero-order valence-electron chi connectivity index (χ0n) is 17.3. The zero-order chi connectivity index (χ0) is 21.9. The fraction of sp³-hybridized carbons (Fsp3) is 0.115. The van der Waals surface area contributed by atoms with E-state index in [2.05, 4.69) is 15.3 Å². The number of pyridine rings is 2. The molecule has 0 radical (unpaired) electrons. The van der Waals surface area contributed by atoms with Gasteiger partial charge in [0.25, 0.3) is 0 Å². The molecule has 0 fully saturated rings. The summed E-state index contributed by atoms with van der Waals surface area (Å²) < 4.78 is 14.0. The number of halogens is 1. The number of nitrogens with zero attached hydrogens (tertiary/aromatic N) is 2. The summed E-state index contributed by atoms with van der Waals surface area (Å²) in [6.45, 7) is 0. The van der Waals surface area contributed by atoms with Gasteiger partial charge in [0, 0.05) is 28.9 Å². The molecule has 3 aromatic heterocycles. The second kappa shape index (κ2) is 8.59. The van der Waals surface area contributed by atoms with Gasteiger partial charge in [-0.25, -0.2) is 9.37 Å². The van der Waals surface area contributed by atoms with Gasteiger partial charge in [-0.15, -0.1) is 0 Å². The zero-order valence-corrected chi connectivity index (χ0v) is 17.3. The lowest BCUT2D eigenvalue weighted by atomic mass is 10.0. The van der Waals surface area contributed by atoms with E-state index in [0.717, 1.165) is 38.8 Å². The number of carbonyl (C=O) groups is 1. The molecule has 5 aromatic rings. The second-order valence-corrected chi connectivity index (χ2v) is 7.70. The average molecular weight is 424 g/mol. The highest BCUT2D eigenvalue weighted by molar-refractivity contribution is 5.92. The molecular formula is C26H21FN4O. The number of H-pyrrole nitrogens is 1. The summed E-state index contributed by atoms with van der Waals surface area (Å²) >= 11 is 0. The van der Waals surface area contributed by atoms with Gasteiger partial charge in [-0.05, 0) is 60.9 Å². The number of anilines is 1. The third kappa shape index (κ3) is 4.07. The highest BCUT2D eigenvalue weighted by atomic mass is 19.1. The van der Waals surface area contributed by atoms with Crippen LogP contribution < -0.4 is 5.32 Å². The van der Waals surface area contributed by atoms with E-state index >= 15 is 0 Å². The molecule has 158 valence electrons. The Labute approximate surface area is 184 Å². The highest BCUT2D eigenvalue weighted by Gasteiger charge is 2.16. The molecule has 2 aromatic carbocycles. The van der Waals surface area contributed by atoms with E-state index in [1.54, 1.807) is 36.7 Å². The Bertz CT molecular complexity index is 1410. The van der Waals surface area contributed by atoms with E-state index < -0.39 is 0 Å². The first-order chi connectivity index (χ1) is 15.7. The van der Waals surface area contributed by atoms with Crippen LogP contribution in [0.15, 0.2) is 79.1 Å². The lowest BCUT2D eigenvalue weighted by molar-refractivity contribution is -0.116. The summed E-state index contributed by atoms with van der Waals surface area (Å²) in [5.41, 5.74) is 5.06. The third-order valence-electron chi connectivity index (χ3n) is 5.50. The number of hydrogen-bond acceptors (Lipinski definition) is 3. The van der Waals surface area contributed by atoms with Crippen LogP contribution in [0, 0.1) is 5.82 Å². The van der Waals surface area contributed by atoms with Crippen LogP contribution in [0.25, 0.3) is 33.2 Å². The number of nitrogens with one attached hydrogen (secondary N) is 2. The van der Waals surface area contributed by atoms with E-state index in [-0.39, 0.29) is 11.7 Å². The summed E-state index contributed by atoms with van der Waals surface area (Å²) in [6, 6.07) is 20.3. The molecule has 6 heteroatoms. The molecule has 5 rings (SSSR count). The predicted molar refractivity (Wildman–Crippen MR) is 125 cm³/mol. The number of fused-ring (bicyclic) bond motifs is 2. The third-order valence-corrected chi connectivity index (χ3v) is 5.50. The lowest BCUT2D eigenvalue weighted by Gasteiger charge is -2.07. The summed E-state index contributed by atoms with van der Waals surface area (Å²) in [5, 5.41) is 4.74. The van der Waals surface area contributed by atoms with Crippen molar-refractivity contribution in [3.8, 4) is 11.4 Å². The van der Waals surface area contributed by atoms with Crippen molar-refractivity contribution < 1.29 is 9.18 Å². The minimum Gasteiger partial charge on any atom is -0.353 e. The van der Waals surface area contributed by atoms with Crippen molar-refractivity contribution in [2.24, 2.45) is 0 Å². The number of para-hydroxylation sites is 1. The van der Waals surface area contributed by atoms with Gasteiger partial charge in [-0.2, -0.15) is 0 Å². The van der Waals surface area contributed by atoms with Crippen molar-refractivity contribution in [1.82, 2.24) is 15.0 Å². The number of benzene rings is 2. The first-order valence-corrected chi connectivity index (χ1v) is 10.5. The molecule has 0 aliphatic rings. The van der Waals surface area contributed by atoms with Gasteiger partial charge in [0.1, 0.15) is 5.82 Å². The largest absolute Gasteiger partial charge is 0.353 e. The monoisotopic (exact) mass is 424 g/mol. The van der Waals surface area contributed by atoms with Crippen molar-refractivity contribution in [3.05, 3.63) is 90.5 Å². The topological polar surface area (TPSA) is 70.7 Å². The highest BCUT2D eigenvalue weighted by Crippen LogP contribution is 2.32. The average Bonchev–Trinajstić information content (AvgIpc) is 3.17. The molecule has 0 bridgehead atoms. The number of hydrogen-bond donors (Lipinski definition) is 2. The SMILES string of the molecule is O=C(CCCc1c(-c2ccc3ccccc3n2)[nH]c2ccc(F)cc12)Nc1cccnc1. The van der Waals surface area contributed by atoms with Crippen molar-refractivity contribution in [1.29, 1.82) is 0 Å². The molecule has 32 heavy (non-hydrogen) atoms. The molecule has 0 aliphatic heterocycles. The van der Waals surface area contributed by atoms with Crippen LogP contribution in [0.3, 0.4) is 0 Å². The van der Waals surface area contributed by atoms with Crippen LogP contribution >= 0.6 is 0 Å². The van der Waals surface area contributed by atoms with E-state index in [4.69, 9.17) is 4.98 Å². The Morgan fingerprint density at radius 3 is 2.81 bits per heavy atom. The van der Waals surface area contributed by atoms with E-state index in [1.165, 1.54) is 6.07 Å². The van der Waals surface area contributed by atoms with Crippen molar-refractivity contribution in [3.63, 3.8) is 0 Å². The normalized spacial score (nSPS) is 11.2. The standard InChI is InChI=1S/C26H21FN4O/c27-18-11-13-23-21(15-18)20(7-3-9-25(32)29-19-6-4-14-28-16-19)26(31-23)24-12-10-17-5-1-2-8-22(17)30-24/h1-2,4-6,8,10-16,31H,3,7,9H2,(H,29,32). The molecule has 0 aliphatic carbocycles. The van der Waals surface area contributed by atoms with Gasteiger partial charge in [0.2, 0.25) is 5.91 Å². The summed E-state index contributed by atoms with van der Waals surface area (Å²) in [7, 11) is 0. The van der Waals surface area contributed by atoms with E-state index in [1.807, 2.05) is 36.4 Å². The minimum atomic E-state index is -0.287. The number of carbonyl (C=O) groups excluding carboxylic acids is 1. The van der Waals surface area contributed by atoms with Crippen LogP contribution in [0.1, 0.15) is 18.4 Å². The van der Waals surface area contributed by atoms with E-state index in [9.17, 15) is 9.18 Å². The Morgan fingerprint density at radius 1 is 1.03 bits per heavy atom. The number of amides is 1. The molecular weight excluding hydrogens is 403 g/mol. The summed E-state index contributed by atoms with van der Waals surface area (Å²) in [6.07, 6.45) is 4.86. The van der Waals surface area contributed by atoms with Crippen LogP contribution in [0.5, 0.6) is 0 Å². The lowest BCUT2D eigenvalue weighted by Crippen LogP contribution is -2.11. The Balaban J connectivity index is 1.43. The van der Waals surface area contributed by atoms with Crippen LogP contribution in [-0.2, 0) is 11.2 Å². The molecule has 1 amide bonds. The maximum atomic E-state index is 14.0. The van der Waals surface area contributed by atoms with Gasteiger partial charge in [-0.1, -0.05) is 24.3 Å². The fourth-order valence-electron chi connectivity index (χ4n) is 3.99. The van der Waals surface area contributed by atoms with Gasteiger partial charge >= 0.3 is 0 Å². The van der Waals surface area contributed by atoms with Crippen molar-refractivity contribution in [2.45, 2.75) is 19.3 Å². The number of aromatic nitrogens is 3. The first-order valence-electron chi connectivity index (χ1n) is 10.5.